The van der Waals surface area contributed by atoms with Crippen LogP contribution in [0.5, 0.6) is 0 Å². The number of β-amino-alcohol motifs (C(OH)–C–C–N with tert-alkyl or cyclic N) is 1. The molecule has 19 heavy (non-hydrogen) atoms. The number of likely N-dealkylation sites (tertiary alicyclic amines) is 1. The molecular weight excluding hydrogens is 244 g/mol. The summed E-state index contributed by atoms with van der Waals surface area (Å²) in [5, 5.41) is 11.7. The first-order valence-electron chi connectivity index (χ1n) is 6.40. The number of carbonyl (C=O) groups excluding carboxylic acids is 2. The van der Waals surface area contributed by atoms with Crippen LogP contribution < -0.4 is 5.32 Å². The molecule has 2 N–H and O–H groups in total. The number of hydrogen-bond acceptors (Lipinski definition) is 4. The van der Waals surface area contributed by atoms with Gasteiger partial charge >= 0.3 is 0 Å². The maximum atomic E-state index is 11.7. The molecule has 1 aromatic rings. The van der Waals surface area contributed by atoms with Gasteiger partial charge in [0, 0.05) is 13.1 Å². The standard InChI is InChI=1S/C14H18N2O3/c17-12-6-7-16(9-12)10-14(19)15-13(18)8-11-4-2-1-3-5-11/h1-5,12,17H,6-10H2,(H,15,18,19)/t12-/m1/s1. The van der Waals surface area contributed by atoms with Crippen molar-refractivity contribution in [3.05, 3.63) is 35.9 Å². The SMILES string of the molecule is O=C(Cc1ccccc1)NC(=O)CN1CC[C@@H](O)C1. The first-order valence-corrected chi connectivity index (χ1v) is 6.40. The molecule has 0 aromatic heterocycles. The van der Waals surface area contributed by atoms with Crippen LogP contribution in [-0.2, 0) is 16.0 Å². The van der Waals surface area contributed by atoms with Gasteiger partial charge in [0.25, 0.3) is 0 Å². The summed E-state index contributed by atoms with van der Waals surface area (Å²) in [7, 11) is 0. The summed E-state index contributed by atoms with van der Waals surface area (Å²) in [6, 6.07) is 9.29. The van der Waals surface area contributed by atoms with Crippen molar-refractivity contribution in [2.24, 2.45) is 0 Å². The molecule has 0 aliphatic carbocycles. The average Bonchev–Trinajstić information content (AvgIpc) is 2.75. The Morgan fingerprint density at radius 2 is 2.00 bits per heavy atom. The monoisotopic (exact) mass is 262 g/mol. The zero-order valence-corrected chi connectivity index (χ0v) is 10.7. The number of aliphatic hydroxyl groups excluding tert-OH is 1. The highest BCUT2D eigenvalue weighted by Gasteiger charge is 2.22. The largest absolute Gasteiger partial charge is 0.392 e. The Hall–Kier alpha value is -1.72. The molecule has 1 atom stereocenters. The molecule has 1 aromatic carbocycles. The molecular formula is C14H18N2O3. The molecule has 1 heterocycles. The summed E-state index contributed by atoms with van der Waals surface area (Å²) < 4.78 is 0. The third kappa shape index (κ3) is 4.46. The van der Waals surface area contributed by atoms with Crippen LogP contribution in [0, 0.1) is 0 Å². The lowest BCUT2D eigenvalue weighted by Gasteiger charge is -2.13. The predicted molar refractivity (Wildman–Crippen MR) is 70.4 cm³/mol. The second-order valence-electron chi connectivity index (χ2n) is 4.81. The van der Waals surface area contributed by atoms with Crippen LogP contribution in [0.3, 0.4) is 0 Å². The van der Waals surface area contributed by atoms with E-state index in [1.165, 1.54) is 0 Å². The van der Waals surface area contributed by atoms with Crippen LogP contribution >= 0.6 is 0 Å². The highest BCUT2D eigenvalue weighted by molar-refractivity contribution is 5.96. The zero-order valence-electron chi connectivity index (χ0n) is 10.7. The topological polar surface area (TPSA) is 69.6 Å². The first kappa shape index (κ1) is 13.7. The van der Waals surface area contributed by atoms with Gasteiger partial charge in [0.2, 0.25) is 11.8 Å². The summed E-state index contributed by atoms with van der Waals surface area (Å²) in [4.78, 5) is 25.2. The fourth-order valence-electron chi connectivity index (χ4n) is 2.18. The van der Waals surface area contributed by atoms with Crippen LogP contribution in [0.4, 0.5) is 0 Å². The maximum Gasteiger partial charge on any atom is 0.240 e. The van der Waals surface area contributed by atoms with E-state index >= 15 is 0 Å². The van der Waals surface area contributed by atoms with Crippen molar-refractivity contribution in [3.63, 3.8) is 0 Å². The molecule has 1 aliphatic heterocycles. The van der Waals surface area contributed by atoms with Gasteiger partial charge in [-0.25, -0.2) is 0 Å². The lowest BCUT2D eigenvalue weighted by atomic mass is 10.1. The van der Waals surface area contributed by atoms with Gasteiger partial charge in [0.1, 0.15) is 0 Å². The predicted octanol–water partition coefficient (Wildman–Crippen LogP) is -0.0615. The van der Waals surface area contributed by atoms with Gasteiger partial charge in [0.05, 0.1) is 19.1 Å². The Morgan fingerprint density at radius 1 is 1.26 bits per heavy atom. The number of hydrogen-bond donors (Lipinski definition) is 2. The van der Waals surface area contributed by atoms with Crippen LogP contribution in [0.25, 0.3) is 0 Å². The van der Waals surface area contributed by atoms with Crippen molar-refractivity contribution in [2.75, 3.05) is 19.6 Å². The fraction of sp³-hybridized carbons (Fsp3) is 0.429. The summed E-state index contributed by atoms with van der Waals surface area (Å²) in [5.41, 5.74) is 0.879. The molecule has 5 nitrogen and oxygen atoms in total. The molecule has 0 bridgehead atoms. The Bertz CT molecular complexity index is 447. The van der Waals surface area contributed by atoms with Gasteiger partial charge in [-0.1, -0.05) is 30.3 Å². The maximum absolute atomic E-state index is 11.7. The molecule has 102 valence electrons. The minimum atomic E-state index is -0.354. The molecule has 5 heteroatoms. The Morgan fingerprint density at radius 3 is 2.63 bits per heavy atom. The van der Waals surface area contributed by atoms with Crippen LogP contribution in [0.15, 0.2) is 30.3 Å². The van der Waals surface area contributed by atoms with Crippen molar-refractivity contribution in [1.29, 1.82) is 0 Å². The number of nitrogens with zero attached hydrogens (tertiary/aromatic N) is 1. The van der Waals surface area contributed by atoms with Gasteiger partial charge < -0.3 is 5.11 Å². The second kappa shape index (κ2) is 6.45. The number of carbonyl (C=O) groups is 2. The van der Waals surface area contributed by atoms with E-state index in [0.29, 0.717) is 19.5 Å². The van der Waals surface area contributed by atoms with Crippen LogP contribution in [0.2, 0.25) is 0 Å². The second-order valence-corrected chi connectivity index (χ2v) is 4.81. The van der Waals surface area contributed by atoms with Crippen molar-refractivity contribution in [3.8, 4) is 0 Å². The van der Waals surface area contributed by atoms with Crippen LogP contribution in [0.1, 0.15) is 12.0 Å². The molecule has 1 aliphatic rings. The molecule has 0 spiro atoms. The Balaban J connectivity index is 1.74. The van der Waals surface area contributed by atoms with Crippen molar-refractivity contribution < 1.29 is 14.7 Å². The quantitative estimate of drug-likeness (QED) is 0.797. The number of aliphatic hydroxyl groups is 1. The molecule has 0 saturated carbocycles. The van der Waals surface area contributed by atoms with E-state index in [1.807, 2.05) is 35.2 Å². The van der Waals surface area contributed by atoms with E-state index in [2.05, 4.69) is 5.32 Å². The number of amides is 2. The van der Waals surface area contributed by atoms with Gasteiger partial charge in [-0.2, -0.15) is 0 Å². The molecule has 0 radical (unpaired) electrons. The fourth-order valence-corrected chi connectivity index (χ4v) is 2.18. The van der Waals surface area contributed by atoms with Gasteiger partial charge in [-0.15, -0.1) is 0 Å². The summed E-state index contributed by atoms with van der Waals surface area (Å²) >= 11 is 0. The number of rotatable bonds is 4. The molecule has 2 rings (SSSR count). The van der Waals surface area contributed by atoms with E-state index < -0.39 is 0 Å². The van der Waals surface area contributed by atoms with E-state index in [4.69, 9.17) is 0 Å². The highest BCUT2D eigenvalue weighted by Crippen LogP contribution is 2.07. The van der Waals surface area contributed by atoms with E-state index in [-0.39, 0.29) is 30.9 Å². The van der Waals surface area contributed by atoms with Crippen LogP contribution in [-0.4, -0.2) is 47.6 Å². The number of nitrogens with one attached hydrogen (secondary N) is 1. The first-order chi connectivity index (χ1) is 9.13. The smallest absolute Gasteiger partial charge is 0.240 e. The summed E-state index contributed by atoms with van der Waals surface area (Å²) in [5.74, 6) is -0.606. The highest BCUT2D eigenvalue weighted by atomic mass is 16.3. The van der Waals surface area contributed by atoms with E-state index in [1.54, 1.807) is 0 Å². The zero-order chi connectivity index (χ0) is 13.7. The minimum Gasteiger partial charge on any atom is -0.392 e. The normalized spacial score (nSPS) is 19.3. The summed E-state index contributed by atoms with van der Waals surface area (Å²) in [6.07, 6.45) is 0.535. The Kier molecular flexibility index (Phi) is 4.65. The van der Waals surface area contributed by atoms with E-state index in [9.17, 15) is 14.7 Å². The van der Waals surface area contributed by atoms with Gasteiger partial charge in [-0.3, -0.25) is 19.8 Å². The number of imide groups is 1. The molecule has 0 unspecified atom stereocenters. The molecule has 1 saturated heterocycles. The lowest BCUT2D eigenvalue weighted by molar-refractivity contribution is -0.130. The number of benzene rings is 1. The third-order valence-electron chi connectivity index (χ3n) is 3.10. The lowest BCUT2D eigenvalue weighted by Crippen LogP contribution is -2.40. The van der Waals surface area contributed by atoms with Crippen molar-refractivity contribution >= 4 is 11.8 Å². The molecule has 1 fully saturated rings. The Labute approximate surface area is 112 Å². The summed E-state index contributed by atoms with van der Waals surface area (Å²) in [6.45, 7) is 1.36. The van der Waals surface area contributed by atoms with Crippen molar-refractivity contribution in [2.45, 2.75) is 18.9 Å². The van der Waals surface area contributed by atoms with Gasteiger partial charge in [0.15, 0.2) is 0 Å². The minimum absolute atomic E-state index is 0.164. The average molecular weight is 262 g/mol. The molecule has 2 amide bonds. The van der Waals surface area contributed by atoms with E-state index in [0.717, 1.165) is 5.56 Å². The third-order valence-corrected chi connectivity index (χ3v) is 3.10. The van der Waals surface area contributed by atoms with Gasteiger partial charge in [-0.05, 0) is 12.0 Å². The van der Waals surface area contributed by atoms with Crippen molar-refractivity contribution in [1.82, 2.24) is 10.2 Å².